The molecule has 3 aromatic rings. The lowest BCUT2D eigenvalue weighted by atomic mass is 10.1. The average molecular weight is 514 g/mol. The number of methoxy groups -OCH3 is 1. The van der Waals surface area contributed by atoms with Crippen molar-refractivity contribution in [3.05, 3.63) is 52.4 Å². The van der Waals surface area contributed by atoms with Gasteiger partial charge in [-0.15, -0.1) is 0 Å². The van der Waals surface area contributed by atoms with Gasteiger partial charge in [-0.3, -0.25) is 9.79 Å². The normalized spacial score (nSPS) is 19.0. The second kappa shape index (κ2) is 10.0. The number of aliphatic hydroxyl groups is 1. The Morgan fingerprint density at radius 2 is 2.20 bits per heavy atom. The van der Waals surface area contributed by atoms with Crippen LogP contribution in [0.25, 0.3) is 10.9 Å². The van der Waals surface area contributed by atoms with Crippen LogP contribution in [-0.4, -0.2) is 75.6 Å². The standard InChI is InChI=1S/C24H27N5O4S2/c1-32-12-20(13-2-3-26-21(34)6-13)33-16-4-14-5-19(28-23(14)18(25)7-16)24-27-9-17(35-24)8-22(31)29-10-15(30)11-29/h2-7,15,17,20,28,30H,8-12,25H2,1H3,(H,26,34). The number of amides is 1. The van der Waals surface area contributed by atoms with Gasteiger partial charge in [0.05, 0.1) is 36.2 Å². The van der Waals surface area contributed by atoms with Gasteiger partial charge in [0.15, 0.2) is 0 Å². The molecule has 11 heteroatoms. The summed E-state index contributed by atoms with van der Waals surface area (Å²) in [4.78, 5) is 25.0. The lowest BCUT2D eigenvalue weighted by Gasteiger charge is -2.36. The van der Waals surface area contributed by atoms with Gasteiger partial charge < -0.3 is 35.2 Å². The van der Waals surface area contributed by atoms with E-state index in [0.29, 0.717) is 48.7 Å². The van der Waals surface area contributed by atoms with Gasteiger partial charge in [0.25, 0.3) is 0 Å². The molecule has 2 atom stereocenters. The minimum absolute atomic E-state index is 0.0667. The highest BCUT2D eigenvalue weighted by atomic mass is 32.2. The fraction of sp³-hybridized carbons (Fsp3) is 0.375. The summed E-state index contributed by atoms with van der Waals surface area (Å²) in [6.07, 6.45) is 1.47. The molecule has 9 nitrogen and oxygen atoms in total. The minimum Gasteiger partial charge on any atom is -0.483 e. The SMILES string of the molecule is COCC(Oc1cc(N)c2[nH]c(C3=NCC(CC(=O)N4CC(O)C4)S3)cc2c1)c1cc[nH]c(=S)c1. The number of rotatable bonds is 8. The number of carbonyl (C=O) groups is 1. The van der Waals surface area contributed by atoms with Gasteiger partial charge in [-0.2, -0.15) is 0 Å². The van der Waals surface area contributed by atoms with Crippen LogP contribution in [0.15, 0.2) is 41.5 Å². The first-order valence-corrected chi connectivity index (χ1v) is 12.6. The van der Waals surface area contributed by atoms with Crippen molar-refractivity contribution in [1.82, 2.24) is 14.9 Å². The number of benzene rings is 1. The maximum atomic E-state index is 12.3. The largest absolute Gasteiger partial charge is 0.483 e. The van der Waals surface area contributed by atoms with Crippen molar-refractivity contribution >= 4 is 51.5 Å². The number of likely N-dealkylation sites (tertiary alicyclic amines) is 1. The minimum atomic E-state index is -0.386. The number of fused-ring (bicyclic) bond motifs is 1. The first-order valence-electron chi connectivity index (χ1n) is 11.3. The third-order valence-corrected chi connectivity index (χ3v) is 7.52. The molecule has 1 amide bonds. The molecule has 4 heterocycles. The van der Waals surface area contributed by atoms with Crippen LogP contribution >= 0.6 is 24.0 Å². The Kier molecular flexibility index (Phi) is 6.83. The molecule has 2 aliphatic heterocycles. The van der Waals surface area contributed by atoms with Crippen LogP contribution in [0.2, 0.25) is 0 Å². The number of aliphatic imine (C=N–C) groups is 1. The number of β-amino-alcohol motifs (C(OH)–C–C–N with tert-alkyl or cyclic N) is 1. The van der Waals surface area contributed by atoms with Gasteiger partial charge in [-0.25, -0.2) is 0 Å². The highest BCUT2D eigenvalue weighted by Crippen LogP contribution is 2.34. The number of carbonyl (C=O) groups excluding carboxylic acids is 1. The first kappa shape index (κ1) is 23.9. The van der Waals surface area contributed by atoms with Crippen molar-refractivity contribution in [2.45, 2.75) is 23.9 Å². The zero-order valence-corrected chi connectivity index (χ0v) is 20.8. The van der Waals surface area contributed by atoms with Crippen LogP contribution in [0.4, 0.5) is 5.69 Å². The number of hydrogen-bond acceptors (Lipinski definition) is 8. The Hall–Kier alpha value is -2.86. The van der Waals surface area contributed by atoms with E-state index in [4.69, 9.17) is 27.4 Å². The summed E-state index contributed by atoms with van der Waals surface area (Å²) < 4.78 is 12.2. The van der Waals surface area contributed by atoms with Gasteiger partial charge in [0.2, 0.25) is 5.91 Å². The number of aromatic nitrogens is 2. The Morgan fingerprint density at radius 3 is 2.94 bits per heavy atom. The van der Waals surface area contributed by atoms with E-state index in [1.54, 1.807) is 36.0 Å². The number of ether oxygens (including phenoxy) is 2. The lowest BCUT2D eigenvalue weighted by Crippen LogP contribution is -2.53. The van der Waals surface area contributed by atoms with Crippen molar-refractivity contribution in [3.8, 4) is 5.75 Å². The summed E-state index contributed by atoms with van der Waals surface area (Å²) in [6.45, 7) is 1.80. The summed E-state index contributed by atoms with van der Waals surface area (Å²) in [7, 11) is 1.63. The fourth-order valence-corrected chi connectivity index (χ4v) is 5.54. The van der Waals surface area contributed by atoms with Gasteiger partial charge in [0.1, 0.15) is 21.5 Å². The number of aromatic amines is 2. The second-order valence-corrected chi connectivity index (χ2v) is 10.5. The quantitative estimate of drug-likeness (QED) is 0.269. The van der Waals surface area contributed by atoms with Crippen LogP contribution in [0, 0.1) is 4.64 Å². The zero-order chi connectivity index (χ0) is 24.5. The number of hydrogen-bond donors (Lipinski definition) is 4. The van der Waals surface area contributed by atoms with E-state index in [1.807, 2.05) is 24.3 Å². The summed E-state index contributed by atoms with van der Waals surface area (Å²) in [5.74, 6) is 0.694. The maximum absolute atomic E-state index is 12.3. The van der Waals surface area contributed by atoms with E-state index in [0.717, 1.165) is 27.2 Å². The predicted octanol–water partition coefficient (Wildman–Crippen LogP) is 3.03. The van der Waals surface area contributed by atoms with E-state index in [9.17, 15) is 9.90 Å². The molecule has 1 aromatic carbocycles. The maximum Gasteiger partial charge on any atom is 0.223 e. The number of nitrogens with zero attached hydrogens (tertiary/aromatic N) is 2. The van der Waals surface area contributed by atoms with Crippen molar-refractivity contribution in [3.63, 3.8) is 0 Å². The molecule has 2 aliphatic rings. The number of nitrogen functional groups attached to an aromatic ring is 1. The van der Waals surface area contributed by atoms with Crippen LogP contribution in [-0.2, 0) is 9.53 Å². The fourth-order valence-electron chi connectivity index (χ4n) is 4.26. The molecule has 0 bridgehead atoms. The summed E-state index contributed by atoms with van der Waals surface area (Å²) in [5, 5.41) is 11.3. The van der Waals surface area contributed by atoms with Crippen molar-refractivity contribution < 1.29 is 19.4 Å². The van der Waals surface area contributed by atoms with E-state index < -0.39 is 0 Å². The molecule has 5 N–H and O–H groups in total. The molecule has 184 valence electrons. The highest BCUT2D eigenvalue weighted by molar-refractivity contribution is 8.15. The molecule has 35 heavy (non-hydrogen) atoms. The Balaban J connectivity index is 1.30. The summed E-state index contributed by atoms with van der Waals surface area (Å²) in [5.41, 5.74) is 9.52. The lowest BCUT2D eigenvalue weighted by molar-refractivity contribution is -0.141. The topological polar surface area (TPSA) is 129 Å². The number of nitrogens with two attached hydrogens (primary N) is 1. The van der Waals surface area contributed by atoms with Crippen LogP contribution in [0.1, 0.15) is 23.8 Å². The molecule has 1 saturated heterocycles. The second-order valence-electron chi connectivity index (χ2n) is 8.75. The molecule has 1 fully saturated rings. The Morgan fingerprint density at radius 1 is 1.37 bits per heavy atom. The smallest absolute Gasteiger partial charge is 0.223 e. The van der Waals surface area contributed by atoms with Gasteiger partial charge in [0, 0.05) is 49.5 Å². The van der Waals surface area contributed by atoms with E-state index in [-0.39, 0.29) is 23.4 Å². The number of pyridine rings is 1. The Labute approximate surface area is 211 Å². The average Bonchev–Trinajstić information content (AvgIpc) is 3.44. The summed E-state index contributed by atoms with van der Waals surface area (Å²) in [6, 6.07) is 9.51. The number of H-pyrrole nitrogens is 2. The van der Waals surface area contributed by atoms with Gasteiger partial charge in [-0.1, -0.05) is 24.0 Å². The molecule has 0 radical (unpaired) electrons. The third kappa shape index (κ3) is 5.22. The molecular formula is C24H27N5O4S2. The van der Waals surface area contributed by atoms with Crippen molar-refractivity contribution in [2.24, 2.45) is 4.99 Å². The van der Waals surface area contributed by atoms with E-state index in [2.05, 4.69) is 15.0 Å². The molecule has 2 unspecified atom stereocenters. The van der Waals surface area contributed by atoms with Gasteiger partial charge in [-0.05, 0) is 29.8 Å². The number of aliphatic hydroxyl groups excluding tert-OH is 1. The first-order chi connectivity index (χ1) is 16.9. The van der Waals surface area contributed by atoms with Crippen LogP contribution < -0.4 is 10.5 Å². The van der Waals surface area contributed by atoms with Gasteiger partial charge >= 0.3 is 0 Å². The number of nitrogens with one attached hydrogen (secondary N) is 2. The number of thioether (sulfide) groups is 1. The molecule has 2 aromatic heterocycles. The van der Waals surface area contributed by atoms with Crippen LogP contribution in [0.3, 0.4) is 0 Å². The third-order valence-electron chi connectivity index (χ3n) is 6.06. The Bertz CT molecular complexity index is 1330. The van der Waals surface area contributed by atoms with E-state index in [1.165, 1.54) is 0 Å². The molecular weight excluding hydrogens is 486 g/mol. The predicted molar refractivity (Wildman–Crippen MR) is 140 cm³/mol. The molecule has 5 rings (SSSR count). The molecule has 0 spiro atoms. The molecule has 0 saturated carbocycles. The highest BCUT2D eigenvalue weighted by Gasteiger charge is 2.32. The zero-order valence-electron chi connectivity index (χ0n) is 19.2. The van der Waals surface area contributed by atoms with E-state index >= 15 is 0 Å². The number of anilines is 1. The monoisotopic (exact) mass is 513 g/mol. The van der Waals surface area contributed by atoms with Crippen LogP contribution in [0.5, 0.6) is 5.75 Å². The molecule has 0 aliphatic carbocycles. The summed E-state index contributed by atoms with van der Waals surface area (Å²) >= 11 is 6.84. The van der Waals surface area contributed by atoms with Crippen molar-refractivity contribution in [2.75, 3.05) is 39.1 Å². The van der Waals surface area contributed by atoms with Crippen molar-refractivity contribution in [1.29, 1.82) is 0 Å².